The van der Waals surface area contributed by atoms with E-state index in [9.17, 15) is 0 Å². The van der Waals surface area contributed by atoms with Gasteiger partial charge in [0, 0.05) is 18.4 Å². The Bertz CT molecular complexity index is 562. The number of anilines is 1. The molecule has 0 unspecified atom stereocenters. The minimum absolute atomic E-state index is 0.611. The van der Waals surface area contributed by atoms with E-state index in [4.69, 9.17) is 12.2 Å². The third-order valence-electron chi connectivity index (χ3n) is 2.84. The molecule has 1 aromatic carbocycles. The SMILES string of the molecule is CCn1ccc(CNC(=S)Nc2ccccc2C)n1. The first-order valence-electron chi connectivity index (χ1n) is 6.32. The molecule has 2 N–H and O–H groups in total. The number of aryl methyl sites for hydroxylation is 2. The van der Waals surface area contributed by atoms with Gasteiger partial charge in [0.1, 0.15) is 0 Å². The van der Waals surface area contributed by atoms with Gasteiger partial charge in [0.2, 0.25) is 0 Å². The second kappa shape index (κ2) is 6.33. The molecule has 0 amide bonds. The summed E-state index contributed by atoms with van der Waals surface area (Å²) in [5.41, 5.74) is 3.18. The highest BCUT2D eigenvalue weighted by Crippen LogP contribution is 2.12. The van der Waals surface area contributed by atoms with E-state index in [1.54, 1.807) is 0 Å². The smallest absolute Gasteiger partial charge is 0.171 e. The predicted octanol–water partition coefficient (Wildman–Crippen LogP) is 2.70. The Morgan fingerprint density at radius 2 is 2.11 bits per heavy atom. The summed E-state index contributed by atoms with van der Waals surface area (Å²) in [6, 6.07) is 10.0. The third kappa shape index (κ3) is 3.79. The number of hydrogen-bond donors (Lipinski definition) is 2. The Labute approximate surface area is 118 Å². The van der Waals surface area contributed by atoms with Gasteiger partial charge in [-0.1, -0.05) is 18.2 Å². The molecule has 100 valence electrons. The summed E-state index contributed by atoms with van der Waals surface area (Å²) < 4.78 is 1.90. The van der Waals surface area contributed by atoms with Gasteiger partial charge in [0.25, 0.3) is 0 Å². The van der Waals surface area contributed by atoms with Crippen molar-refractivity contribution in [2.24, 2.45) is 0 Å². The molecule has 0 radical (unpaired) electrons. The lowest BCUT2D eigenvalue weighted by molar-refractivity contribution is 0.643. The van der Waals surface area contributed by atoms with Gasteiger partial charge in [0.15, 0.2) is 5.11 Å². The van der Waals surface area contributed by atoms with Crippen molar-refractivity contribution in [1.29, 1.82) is 0 Å². The number of aromatic nitrogens is 2. The van der Waals surface area contributed by atoms with Crippen LogP contribution >= 0.6 is 12.2 Å². The zero-order valence-corrected chi connectivity index (χ0v) is 12.0. The molecule has 0 saturated carbocycles. The van der Waals surface area contributed by atoms with Crippen molar-refractivity contribution < 1.29 is 0 Å². The number of nitrogens with zero attached hydrogens (tertiary/aromatic N) is 2. The fourth-order valence-electron chi connectivity index (χ4n) is 1.72. The van der Waals surface area contributed by atoms with E-state index < -0.39 is 0 Å². The maximum atomic E-state index is 5.27. The fraction of sp³-hybridized carbons (Fsp3) is 0.286. The molecular formula is C14H18N4S. The van der Waals surface area contributed by atoms with Crippen LogP contribution in [0.4, 0.5) is 5.69 Å². The van der Waals surface area contributed by atoms with Crippen molar-refractivity contribution in [1.82, 2.24) is 15.1 Å². The second-order valence-electron chi connectivity index (χ2n) is 4.29. The first-order valence-corrected chi connectivity index (χ1v) is 6.72. The molecule has 0 aliphatic carbocycles. The Hall–Kier alpha value is -1.88. The van der Waals surface area contributed by atoms with Crippen molar-refractivity contribution in [3.8, 4) is 0 Å². The zero-order chi connectivity index (χ0) is 13.7. The van der Waals surface area contributed by atoms with Gasteiger partial charge in [-0.05, 0) is 43.8 Å². The van der Waals surface area contributed by atoms with E-state index in [0.29, 0.717) is 11.7 Å². The van der Waals surface area contributed by atoms with Crippen LogP contribution in [-0.4, -0.2) is 14.9 Å². The van der Waals surface area contributed by atoms with E-state index in [1.807, 2.05) is 48.1 Å². The van der Waals surface area contributed by atoms with E-state index >= 15 is 0 Å². The first kappa shape index (κ1) is 13.5. The predicted molar refractivity (Wildman–Crippen MR) is 82.1 cm³/mol. The molecule has 0 bridgehead atoms. The molecule has 1 aromatic heterocycles. The van der Waals surface area contributed by atoms with Crippen LogP contribution < -0.4 is 10.6 Å². The zero-order valence-electron chi connectivity index (χ0n) is 11.2. The van der Waals surface area contributed by atoms with Crippen LogP contribution in [0.25, 0.3) is 0 Å². The average molecular weight is 274 g/mol. The third-order valence-corrected chi connectivity index (χ3v) is 3.09. The lowest BCUT2D eigenvalue weighted by atomic mass is 10.2. The van der Waals surface area contributed by atoms with Crippen molar-refractivity contribution in [3.63, 3.8) is 0 Å². The standard InChI is InChI=1S/C14H18N4S/c1-3-18-9-8-12(17-18)10-15-14(19)16-13-7-5-4-6-11(13)2/h4-9H,3,10H2,1-2H3,(H2,15,16,19). The number of thiocarbonyl (C=S) groups is 1. The highest BCUT2D eigenvalue weighted by atomic mass is 32.1. The molecule has 2 aromatic rings. The van der Waals surface area contributed by atoms with Crippen LogP contribution in [0.2, 0.25) is 0 Å². The molecule has 0 aliphatic heterocycles. The van der Waals surface area contributed by atoms with Crippen molar-refractivity contribution in [2.75, 3.05) is 5.32 Å². The van der Waals surface area contributed by atoms with E-state index in [2.05, 4.69) is 22.7 Å². The second-order valence-corrected chi connectivity index (χ2v) is 4.69. The van der Waals surface area contributed by atoms with E-state index in [0.717, 1.165) is 17.9 Å². The van der Waals surface area contributed by atoms with Crippen LogP contribution in [0.3, 0.4) is 0 Å². The molecule has 1 heterocycles. The highest BCUT2D eigenvalue weighted by molar-refractivity contribution is 7.80. The molecule has 0 spiro atoms. The molecule has 4 nitrogen and oxygen atoms in total. The Kier molecular flexibility index (Phi) is 4.52. The molecule has 2 rings (SSSR count). The average Bonchev–Trinajstić information content (AvgIpc) is 2.87. The van der Waals surface area contributed by atoms with Crippen LogP contribution in [0, 0.1) is 6.92 Å². The lowest BCUT2D eigenvalue weighted by Crippen LogP contribution is -2.28. The molecule has 5 heteroatoms. The maximum absolute atomic E-state index is 5.27. The van der Waals surface area contributed by atoms with Crippen LogP contribution in [-0.2, 0) is 13.1 Å². The molecule has 0 saturated heterocycles. The molecule has 0 aliphatic rings. The monoisotopic (exact) mass is 274 g/mol. The summed E-state index contributed by atoms with van der Waals surface area (Å²) in [6.07, 6.45) is 1.97. The summed E-state index contributed by atoms with van der Waals surface area (Å²) in [5.74, 6) is 0. The Morgan fingerprint density at radius 1 is 1.32 bits per heavy atom. The largest absolute Gasteiger partial charge is 0.357 e. The van der Waals surface area contributed by atoms with Gasteiger partial charge >= 0.3 is 0 Å². The topological polar surface area (TPSA) is 41.9 Å². The number of hydrogen-bond acceptors (Lipinski definition) is 2. The van der Waals surface area contributed by atoms with Gasteiger partial charge in [-0.2, -0.15) is 5.10 Å². The summed E-state index contributed by atoms with van der Waals surface area (Å²) in [7, 11) is 0. The van der Waals surface area contributed by atoms with Gasteiger partial charge in [-0.15, -0.1) is 0 Å². The summed E-state index contributed by atoms with van der Waals surface area (Å²) in [4.78, 5) is 0. The lowest BCUT2D eigenvalue weighted by Gasteiger charge is -2.11. The maximum Gasteiger partial charge on any atom is 0.171 e. The Morgan fingerprint density at radius 3 is 2.79 bits per heavy atom. The van der Waals surface area contributed by atoms with Gasteiger partial charge < -0.3 is 10.6 Å². The van der Waals surface area contributed by atoms with Crippen LogP contribution in [0.5, 0.6) is 0 Å². The Balaban J connectivity index is 1.86. The summed E-state index contributed by atoms with van der Waals surface area (Å²) in [5, 5.41) is 11.3. The normalized spacial score (nSPS) is 10.2. The van der Waals surface area contributed by atoms with Gasteiger partial charge in [-0.25, -0.2) is 0 Å². The van der Waals surface area contributed by atoms with Crippen molar-refractivity contribution >= 4 is 23.0 Å². The molecule has 0 fully saturated rings. The molecular weight excluding hydrogens is 256 g/mol. The van der Waals surface area contributed by atoms with Crippen LogP contribution in [0.1, 0.15) is 18.2 Å². The van der Waals surface area contributed by atoms with Crippen LogP contribution in [0.15, 0.2) is 36.5 Å². The minimum Gasteiger partial charge on any atom is -0.357 e. The van der Waals surface area contributed by atoms with Crippen molar-refractivity contribution in [3.05, 3.63) is 47.8 Å². The van der Waals surface area contributed by atoms with Gasteiger partial charge in [0.05, 0.1) is 12.2 Å². The van der Waals surface area contributed by atoms with Crippen molar-refractivity contribution in [2.45, 2.75) is 26.9 Å². The van der Waals surface area contributed by atoms with E-state index in [1.165, 1.54) is 5.56 Å². The number of benzene rings is 1. The summed E-state index contributed by atoms with van der Waals surface area (Å²) in [6.45, 7) is 5.62. The fourth-order valence-corrected chi connectivity index (χ4v) is 1.91. The van der Waals surface area contributed by atoms with Gasteiger partial charge in [-0.3, -0.25) is 4.68 Å². The number of para-hydroxylation sites is 1. The number of rotatable bonds is 4. The molecule has 19 heavy (non-hydrogen) atoms. The molecule has 0 atom stereocenters. The quantitative estimate of drug-likeness (QED) is 0.841. The number of nitrogens with one attached hydrogen (secondary N) is 2. The first-order chi connectivity index (χ1) is 9.19. The summed E-state index contributed by atoms with van der Waals surface area (Å²) >= 11 is 5.27. The minimum atomic E-state index is 0.611. The highest BCUT2D eigenvalue weighted by Gasteiger charge is 2.02. The van der Waals surface area contributed by atoms with E-state index in [-0.39, 0.29) is 0 Å².